The number of aryl methyl sites for hydroxylation is 1. The van der Waals surface area contributed by atoms with Crippen molar-refractivity contribution in [3.05, 3.63) is 70.4 Å². The van der Waals surface area contributed by atoms with Gasteiger partial charge in [0.05, 0.1) is 18.8 Å². The highest BCUT2D eigenvalue weighted by Crippen LogP contribution is 2.46. The van der Waals surface area contributed by atoms with E-state index in [1.807, 2.05) is 18.3 Å². The number of hydrogen-bond acceptors (Lipinski definition) is 3. The number of rotatable bonds is 11. The SMILES string of the molecule is CCCC1=C(CCC)C(CCC)N(c2ncccc2C)C(c2cccc(OC)c2)=C1CCC. The van der Waals surface area contributed by atoms with Crippen molar-refractivity contribution in [3.63, 3.8) is 0 Å². The lowest BCUT2D eigenvalue weighted by molar-refractivity contribution is 0.414. The summed E-state index contributed by atoms with van der Waals surface area (Å²) in [7, 11) is 1.75. The predicted octanol–water partition coefficient (Wildman–Crippen LogP) is 8.50. The van der Waals surface area contributed by atoms with E-state index in [9.17, 15) is 0 Å². The van der Waals surface area contributed by atoms with E-state index in [-0.39, 0.29) is 0 Å². The van der Waals surface area contributed by atoms with Gasteiger partial charge in [-0.2, -0.15) is 0 Å². The Balaban J connectivity index is 2.41. The first-order valence-corrected chi connectivity index (χ1v) is 12.9. The zero-order chi connectivity index (χ0) is 23.8. The molecule has 3 heteroatoms. The molecule has 0 fully saturated rings. The van der Waals surface area contributed by atoms with Crippen molar-refractivity contribution in [1.82, 2.24) is 4.98 Å². The molecule has 0 saturated heterocycles. The maximum Gasteiger partial charge on any atom is 0.136 e. The molecule has 2 aromatic rings. The normalized spacial score (nSPS) is 16.5. The summed E-state index contributed by atoms with van der Waals surface area (Å²) in [6.07, 6.45) is 11.1. The molecule has 0 amide bonds. The van der Waals surface area contributed by atoms with Gasteiger partial charge in [-0.1, -0.05) is 71.6 Å². The molecule has 33 heavy (non-hydrogen) atoms. The molecule has 1 aliphatic rings. The standard InChI is InChI=1S/C30H42N2O/c1-7-13-25-26(14-8-2)28(16-10-4)32(30-22(5)17-12-20-31-30)29(27(25)15-9-3)23-18-11-19-24(21-23)33-6/h11-12,17-21,28H,7-10,13-16H2,1-6H3. The molecular weight excluding hydrogens is 404 g/mol. The number of allylic oxidation sites excluding steroid dienone is 2. The molecule has 0 spiro atoms. The predicted molar refractivity (Wildman–Crippen MR) is 142 cm³/mol. The van der Waals surface area contributed by atoms with Crippen molar-refractivity contribution in [2.24, 2.45) is 0 Å². The second-order valence-corrected chi connectivity index (χ2v) is 9.13. The Morgan fingerprint density at radius 1 is 0.879 bits per heavy atom. The van der Waals surface area contributed by atoms with Crippen molar-refractivity contribution in [2.75, 3.05) is 12.0 Å². The molecule has 3 nitrogen and oxygen atoms in total. The maximum atomic E-state index is 5.65. The molecule has 178 valence electrons. The number of hydrogen-bond donors (Lipinski definition) is 0. The minimum Gasteiger partial charge on any atom is -0.497 e. The Morgan fingerprint density at radius 2 is 1.61 bits per heavy atom. The van der Waals surface area contributed by atoms with Crippen LogP contribution in [0.2, 0.25) is 0 Å². The fourth-order valence-electron chi connectivity index (χ4n) is 5.31. The highest BCUT2D eigenvalue weighted by Gasteiger charge is 2.36. The van der Waals surface area contributed by atoms with E-state index >= 15 is 0 Å². The van der Waals surface area contributed by atoms with Crippen LogP contribution in [-0.4, -0.2) is 18.1 Å². The topological polar surface area (TPSA) is 25.4 Å². The third-order valence-electron chi connectivity index (χ3n) is 6.63. The van der Waals surface area contributed by atoms with Gasteiger partial charge in [0.25, 0.3) is 0 Å². The summed E-state index contributed by atoms with van der Waals surface area (Å²) >= 11 is 0. The largest absolute Gasteiger partial charge is 0.497 e. The van der Waals surface area contributed by atoms with Gasteiger partial charge >= 0.3 is 0 Å². The van der Waals surface area contributed by atoms with E-state index in [0.29, 0.717) is 6.04 Å². The van der Waals surface area contributed by atoms with Crippen LogP contribution in [0.4, 0.5) is 5.82 Å². The van der Waals surface area contributed by atoms with Crippen molar-refractivity contribution >= 4 is 11.5 Å². The zero-order valence-electron chi connectivity index (χ0n) is 21.6. The summed E-state index contributed by atoms with van der Waals surface area (Å²) in [6, 6.07) is 13.2. The van der Waals surface area contributed by atoms with Crippen LogP contribution >= 0.6 is 0 Å². The highest BCUT2D eigenvalue weighted by atomic mass is 16.5. The molecule has 0 radical (unpaired) electrons. The molecule has 1 aromatic carbocycles. The lowest BCUT2D eigenvalue weighted by Gasteiger charge is -2.44. The van der Waals surface area contributed by atoms with Crippen molar-refractivity contribution in [3.8, 4) is 5.75 Å². The van der Waals surface area contributed by atoms with Crippen molar-refractivity contribution in [1.29, 1.82) is 0 Å². The molecule has 1 aliphatic heterocycles. The number of pyridine rings is 1. The molecule has 0 bridgehead atoms. The van der Waals surface area contributed by atoms with Gasteiger partial charge in [0.15, 0.2) is 0 Å². The lowest BCUT2D eigenvalue weighted by Crippen LogP contribution is -2.41. The van der Waals surface area contributed by atoms with Gasteiger partial charge in [-0.15, -0.1) is 0 Å². The first-order valence-electron chi connectivity index (χ1n) is 12.9. The van der Waals surface area contributed by atoms with Crippen molar-refractivity contribution in [2.45, 2.75) is 92.0 Å². The Hall–Kier alpha value is -2.55. The van der Waals surface area contributed by atoms with Gasteiger partial charge in [0.2, 0.25) is 0 Å². The van der Waals surface area contributed by atoms with E-state index < -0.39 is 0 Å². The third-order valence-corrected chi connectivity index (χ3v) is 6.63. The smallest absolute Gasteiger partial charge is 0.136 e. The quantitative estimate of drug-likeness (QED) is 0.346. The number of anilines is 1. The highest BCUT2D eigenvalue weighted by molar-refractivity contribution is 5.87. The molecule has 3 rings (SSSR count). The number of nitrogens with zero attached hydrogens (tertiary/aromatic N) is 2. The number of benzene rings is 1. The zero-order valence-corrected chi connectivity index (χ0v) is 21.6. The van der Waals surface area contributed by atoms with Gasteiger partial charge < -0.3 is 9.64 Å². The summed E-state index contributed by atoms with van der Waals surface area (Å²) in [4.78, 5) is 7.54. The van der Waals surface area contributed by atoms with E-state index in [2.05, 4.69) is 63.8 Å². The lowest BCUT2D eigenvalue weighted by atomic mass is 9.79. The van der Waals surface area contributed by atoms with Gasteiger partial charge in [-0.05, 0) is 73.1 Å². The minimum atomic E-state index is 0.340. The van der Waals surface area contributed by atoms with Gasteiger partial charge in [0.1, 0.15) is 11.6 Å². The van der Waals surface area contributed by atoms with E-state index in [1.165, 1.54) is 35.2 Å². The molecule has 0 N–H and O–H groups in total. The first-order chi connectivity index (χ1) is 16.1. The van der Waals surface area contributed by atoms with E-state index in [4.69, 9.17) is 9.72 Å². The summed E-state index contributed by atoms with van der Waals surface area (Å²) in [6.45, 7) is 11.4. The van der Waals surface area contributed by atoms with E-state index in [0.717, 1.165) is 50.1 Å². The molecule has 1 aromatic heterocycles. The first kappa shape index (κ1) is 25.1. The number of methoxy groups -OCH3 is 1. The van der Waals surface area contributed by atoms with Crippen LogP contribution in [0.25, 0.3) is 5.70 Å². The molecule has 0 aliphatic carbocycles. The average molecular weight is 447 g/mol. The molecule has 0 saturated carbocycles. The molecule has 1 atom stereocenters. The summed E-state index contributed by atoms with van der Waals surface area (Å²) in [5, 5.41) is 0. The van der Waals surface area contributed by atoms with Crippen LogP contribution in [0.3, 0.4) is 0 Å². The van der Waals surface area contributed by atoms with Crippen LogP contribution in [0, 0.1) is 6.92 Å². The van der Waals surface area contributed by atoms with Gasteiger partial charge in [-0.3, -0.25) is 0 Å². The van der Waals surface area contributed by atoms with Crippen LogP contribution in [0.1, 0.15) is 90.2 Å². The molecular formula is C30H42N2O. The van der Waals surface area contributed by atoms with Crippen LogP contribution in [-0.2, 0) is 0 Å². The Kier molecular flexibility index (Phi) is 9.17. The average Bonchev–Trinajstić information content (AvgIpc) is 2.83. The Labute approximate surface area is 201 Å². The van der Waals surface area contributed by atoms with Crippen LogP contribution in [0.5, 0.6) is 5.75 Å². The minimum absolute atomic E-state index is 0.340. The fourth-order valence-corrected chi connectivity index (χ4v) is 5.31. The number of aromatic nitrogens is 1. The summed E-state index contributed by atoms with van der Waals surface area (Å²) < 4.78 is 5.65. The maximum absolute atomic E-state index is 5.65. The Bertz CT molecular complexity index is 988. The van der Waals surface area contributed by atoms with Crippen LogP contribution in [0.15, 0.2) is 59.3 Å². The fraction of sp³-hybridized carbons (Fsp3) is 0.500. The Morgan fingerprint density at radius 3 is 2.24 bits per heavy atom. The third kappa shape index (κ3) is 5.34. The summed E-state index contributed by atoms with van der Waals surface area (Å²) in [5.41, 5.74) is 8.55. The summed E-state index contributed by atoms with van der Waals surface area (Å²) in [5.74, 6) is 1.99. The van der Waals surface area contributed by atoms with Crippen LogP contribution < -0.4 is 9.64 Å². The van der Waals surface area contributed by atoms with Gasteiger partial charge in [0, 0.05) is 11.8 Å². The van der Waals surface area contributed by atoms with E-state index in [1.54, 1.807) is 18.3 Å². The van der Waals surface area contributed by atoms with Crippen molar-refractivity contribution < 1.29 is 4.74 Å². The molecule has 2 heterocycles. The monoisotopic (exact) mass is 446 g/mol. The molecule has 1 unspecified atom stereocenters. The number of ether oxygens (including phenoxy) is 1. The second kappa shape index (κ2) is 12.1. The second-order valence-electron chi connectivity index (χ2n) is 9.13. The van der Waals surface area contributed by atoms with Gasteiger partial charge in [-0.25, -0.2) is 4.98 Å².